The predicted molar refractivity (Wildman–Crippen MR) is 128 cm³/mol. The topological polar surface area (TPSA) is 120 Å². The summed E-state index contributed by atoms with van der Waals surface area (Å²) in [6.45, 7) is 8.86. The number of aliphatic hydroxyl groups excluding tert-OH is 1. The summed E-state index contributed by atoms with van der Waals surface area (Å²) < 4.78 is 11.5. The van der Waals surface area contributed by atoms with Gasteiger partial charge in [-0.3, -0.25) is 14.2 Å². The van der Waals surface area contributed by atoms with Crippen molar-refractivity contribution in [2.24, 2.45) is 5.92 Å². The fraction of sp³-hybridized carbons (Fsp3) is 0.417. The lowest BCUT2D eigenvalue weighted by Crippen LogP contribution is -2.48. The van der Waals surface area contributed by atoms with Crippen LogP contribution in [-0.4, -0.2) is 51.2 Å². The summed E-state index contributed by atoms with van der Waals surface area (Å²) in [5.41, 5.74) is 0.340. The van der Waals surface area contributed by atoms with Crippen molar-refractivity contribution in [1.29, 1.82) is 0 Å². The van der Waals surface area contributed by atoms with Crippen molar-refractivity contribution < 1.29 is 29.0 Å². The van der Waals surface area contributed by atoms with Gasteiger partial charge in [0.25, 0.3) is 5.91 Å². The molecule has 0 radical (unpaired) electrons. The van der Waals surface area contributed by atoms with Crippen LogP contribution in [0.15, 0.2) is 35.8 Å². The fourth-order valence-electron chi connectivity index (χ4n) is 3.38. The summed E-state index contributed by atoms with van der Waals surface area (Å²) in [4.78, 5) is 43.3. The zero-order valence-corrected chi connectivity index (χ0v) is 20.8. The van der Waals surface area contributed by atoms with Crippen molar-refractivity contribution in [3.8, 4) is 0 Å². The van der Waals surface area contributed by atoms with E-state index in [1.807, 2.05) is 13.8 Å². The maximum atomic E-state index is 13.5. The number of ether oxygens (including phenoxy) is 2. The van der Waals surface area contributed by atoms with E-state index < -0.39 is 29.9 Å². The Morgan fingerprint density at radius 2 is 1.85 bits per heavy atom. The molecule has 34 heavy (non-hydrogen) atoms. The lowest BCUT2D eigenvalue weighted by atomic mass is 10.0. The quantitative estimate of drug-likeness (QED) is 0.379. The van der Waals surface area contributed by atoms with Crippen LogP contribution in [0.3, 0.4) is 0 Å². The molecule has 0 saturated heterocycles. The normalized spacial score (nSPS) is 13.6. The maximum Gasteiger partial charge on any atom is 0.408 e. The standard InChI is InChI=1S/C24H29N3O6S/c1-13(2)18(26-23(31)33-24(3,4)5)21(29)27-11-15(14-9-7-8-10-17(14)27)19(28)20-25-16(12-34-20)22(30)32-6/h7-13,18,22,30H,1-6H3,(H,26,31)/t18-,22?/m0/s1. The number of carbonyl (C=O) groups excluding carboxylic acids is 3. The van der Waals surface area contributed by atoms with Gasteiger partial charge in [-0.15, -0.1) is 11.3 Å². The summed E-state index contributed by atoms with van der Waals surface area (Å²) in [6.07, 6.45) is -0.458. The first-order chi connectivity index (χ1) is 15.9. The van der Waals surface area contributed by atoms with E-state index in [0.29, 0.717) is 10.9 Å². The van der Waals surface area contributed by atoms with Gasteiger partial charge in [0, 0.05) is 24.1 Å². The highest BCUT2D eigenvalue weighted by atomic mass is 32.1. The number of methoxy groups -OCH3 is 1. The fourth-order valence-corrected chi connectivity index (χ4v) is 4.16. The first-order valence-corrected chi connectivity index (χ1v) is 11.7. The van der Waals surface area contributed by atoms with Crippen LogP contribution >= 0.6 is 11.3 Å². The molecule has 0 aliphatic carbocycles. The third kappa shape index (κ3) is 5.52. The van der Waals surface area contributed by atoms with Crippen LogP contribution < -0.4 is 5.32 Å². The summed E-state index contributed by atoms with van der Waals surface area (Å²) in [7, 11) is 1.33. The second-order valence-corrected chi connectivity index (χ2v) is 9.99. The van der Waals surface area contributed by atoms with Crippen LogP contribution in [0.2, 0.25) is 0 Å². The molecule has 1 aromatic carbocycles. The summed E-state index contributed by atoms with van der Waals surface area (Å²) in [5, 5.41) is 14.8. The van der Waals surface area contributed by atoms with E-state index in [0.717, 1.165) is 11.3 Å². The van der Waals surface area contributed by atoms with Crippen LogP contribution in [-0.2, 0) is 9.47 Å². The maximum absolute atomic E-state index is 13.5. The largest absolute Gasteiger partial charge is 0.444 e. The van der Waals surface area contributed by atoms with E-state index in [2.05, 4.69) is 10.3 Å². The molecular formula is C24H29N3O6S. The van der Waals surface area contributed by atoms with Gasteiger partial charge in [-0.1, -0.05) is 32.0 Å². The van der Waals surface area contributed by atoms with E-state index in [9.17, 15) is 19.5 Å². The summed E-state index contributed by atoms with van der Waals surface area (Å²) in [5.74, 6) is -1.02. The Kier molecular flexibility index (Phi) is 7.54. The van der Waals surface area contributed by atoms with Crippen LogP contribution in [0.25, 0.3) is 10.9 Å². The minimum Gasteiger partial charge on any atom is -0.444 e. The molecule has 2 aromatic heterocycles. The van der Waals surface area contributed by atoms with Crippen molar-refractivity contribution in [3.63, 3.8) is 0 Å². The number of aliphatic hydroxyl groups is 1. The number of hydrogen-bond donors (Lipinski definition) is 2. The molecule has 1 unspecified atom stereocenters. The Balaban J connectivity index is 1.98. The molecule has 0 saturated carbocycles. The minimum absolute atomic E-state index is 0.161. The van der Waals surface area contributed by atoms with Crippen molar-refractivity contribution >= 4 is 40.0 Å². The highest BCUT2D eigenvalue weighted by molar-refractivity contribution is 7.12. The van der Waals surface area contributed by atoms with Gasteiger partial charge in [-0.2, -0.15) is 0 Å². The van der Waals surface area contributed by atoms with Gasteiger partial charge in [0.15, 0.2) is 11.3 Å². The third-order valence-electron chi connectivity index (χ3n) is 4.99. The van der Waals surface area contributed by atoms with Crippen LogP contribution in [0.5, 0.6) is 0 Å². The zero-order valence-electron chi connectivity index (χ0n) is 20.0. The molecule has 0 spiro atoms. The predicted octanol–water partition coefficient (Wildman–Crippen LogP) is 4.16. The van der Waals surface area contributed by atoms with Gasteiger partial charge in [0.1, 0.15) is 17.3 Å². The van der Waals surface area contributed by atoms with E-state index in [-0.39, 0.29) is 28.0 Å². The minimum atomic E-state index is -1.23. The summed E-state index contributed by atoms with van der Waals surface area (Å²) >= 11 is 1.08. The lowest BCUT2D eigenvalue weighted by Gasteiger charge is -2.25. The van der Waals surface area contributed by atoms with E-state index in [1.54, 1.807) is 50.4 Å². The average Bonchev–Trinajstić information content (AvgIpc) is 3.40. The summed E-state index contributed by atoms with van der Waals surface area (Å²) in [6, 6.07) is 6.14. The number of ketones is 1. The molecular weight excluding hydrogens is 458 g/mol. The number of benzene rings is 1. The number of para-hydroxylation sites is 1. The Morgan fingerprint density at radius 3 is 2.47 bits per heavy atom. The smallest absolute Gasteiger partial charge is 0.408 e. The van der Waals surface area contributed by atoms with Gasteiger partial charge in [0.2, 0.25) is 5.78 Å². The number of nitrogens with zero attached hydrogens (tertiary/aromatic N) is 2. The van der Waals surface area contributed by atoms with Gasteiger partial charge < -0.3 is 19.9 Å². The van der Waals surface area contributed by atoms with Crippen LogP contribution in [0.1, 0.15) is 66.8 Å². The molecule has 2 N–H and O–H groups in total. The average molecular weight is 488 g/mol. The number of amides is 1. The second-order valence-electron chi connectivity index (χ2n) is 9.13. The Hall–Kier alpha value is -3.08. The van der Waals surface area contributed by atoms with Crippen LogP contribution in [0, 0.1) is 5.92 Å². The molecule has 0 bridgehead atoms. The van der Waals surface area contributed by atoms with Crippen molar-refractivity contribution in [2.75, 3.05) is 7.11 Å². The molecule has 3 aromatic rings. The van der Waals surface area contributed by atoms with Crippen molar-refractivity contribution in [1.82, 2.24) is 14.9 Å². The Labute approximate surface area is 201 Å². The SMILES string of the molecule is COC(O)c1csc(C(=O)c2cn(C(=O)[C@@H](NC(=O)OC(C)(C)C)C(C)C)c3ccccc23)n1. The first-order valence-electron chi connectivity index (χ1n) is 10.8. The number of hydrogen-bond acceptors (Lipinski definition) is 8. The molecule has 182 valence electrons. The second kappa shape index (κ2) is 10.0. The number of fused-ring (bicyclic) bond motifs is 1. The van der Waals surface area contributed by atoms with Crippen molar-refractivity contribution in [2.45, 2.75) is 52.6 Å². The zero-order chi connectivity index (χ0) is 25.2. The molecule has 0 fully saturated rings. The number of carbonyl (C=O) groups is 3. The molecule has 1 amide bonds. The number of alkyl carbamates (subject to hydrolysis) is 1. The molecule has 0 aliphatic heterocycles. The number of aromatic nitrogens is 2. The molecule has 2 heterocycles. The van der Waals surface area contributed by atoms with Gasteiger partial charge in [-0.25, -0.2) is 9.78 Å². The third-order valence-corrected chi connectivity index (χ3v) is 5.85. The van der Waals surface area contributed by atoms with Gasteiger partial charge in [-0.05, 0) is 32.8 Å². The number of rotatable bonds is 7. The van der Waals surface area contributed by atoms with Crippen LogP contribution in [0.4, 0.5) is 4.79 Å². The van der Waals surface area contributed by atoms with Gasteiger partial charge >= 0.3 is 6.09 Å². The lowest BCUT2D eigenvalue weighted by molar-refractivity contribution is -0.0795. The Morgan fingerprint density at radius 1 is 1.18 bits per heavy atom. The molecule has 2 atom stereocenters. The highest BCUT2D eigenvalue weighted by Crippen LogP contribution is 2.27. The molecule has 0 aliphatic rings. The molecule has 3 rings (SSSR count). The van der Waals surface area contributed by atoms with Gasteiger partial charge in [0.05, 0.1) is 11.1 Å². The first kappa shape index (κ1) is 25.5. The monoisotopic (exact) mass is 487 g/mol. The van der Waals surface area contributed by atoms with E-state index in [1.165, 1.54) is 17.9 Å². The van der Waals surface area contributed by atoms with E-state index >= 15 is 0 Å². The van der Waals surface area contributed by atoms with E-state index in [4.69, 9.17) is 9.47 Å². The molecule has 9 nitrogen and oxygen atoms in total. The highest BCUT2D eigenvalue weighted by Gasteiger charge is 2.30. The number of thiazole rings is 1. The van der Waals surface area contributed by atoms with Crippen molar-refractivity contribution in [3.05, 3.63) is 52.1 Å². The molecule has 10 heteroatoms. The number of nitrogens with one attached hydrogen (secondary N) is 1. The Bertz CT molecular complexity index is 1210.